The highest BCUT2D eigenvalue weighted by Gasteiger charge is 2.28. The van der Waals surface area contributed by atoms with Crippen LogP contribution in [0.15, 0.2) is 0 Å². The Labute approximate surface area is 98.3 Å². The quantitative estimate of drug-likeness (QED) is 0.821. The van der Waals surface area contributed by atoms with Crippen molar-refractivity contribution in [1.82, 2.24) is 9.36 Å². The number of carboxylic acids is 1. The van der Waals surface area contributed by atoms with Crippen LogP contribution < -0.4 is 4.90 Å². The number of hydrogen-bond donors (Lipinski definition) is 1. The van der Waals surface area contributed by atoms with Crippen molar-refractivity contribution in [2.75, 3.05) is 18.0 Å². The predicted molar refractivity (Wildman–Crippen MR) is 62.0 cm³/mol. The van der Waals surface area contributed by atoms with Crippen molar-refractivity contribution in [3.05, 3.63) is 5.82 Å². The van der Waals surface area contributed by atoms with Crippen molar-refractivity contribution in [3.63, 3.8) is 0 Å². The molecule has 6 heteroatoms. The minimum Gasteiger partial charge on any atom is -0.481 e. The predicted octanol–water partition coefficient (Wildman–Crippen LogP) is 1.72. The summed E-state index contributed by atoms with van der Waals surface area (Å²) in [6, 6.07) is 0. The Morgan fingerprint density at radius 3 is 2.94 bits per heavy atom. The first kappa shape index (κ1) is 11.3. The van der Waals surface area contributed by atoms with Crippen LogP contribution in [0.5, 0.6) is 0 Å². The Morgan fingerprint density at radius 2 is 2.38 bits per heavy atom. The second-order valence-corrected chi connectivity index (χ2v) is 4.66. The van der Waals surface area contributed by atoms with Gasteiger partial charge >= 0.3 is 5.97 Å². The van der Waals surface area contributed by atoms with Gasteiger partial charge in [0.05, 0.1) is 6.42 Å². The van der Waals surface area contributed by atoms with Crippen LogP contribution in [0.1, 0.15) is 37.9 Å². The first-order chi connectivity index (χ1) is 7.70. The number of aromatic nitrogens is 2. The summed E-state index contributed by atoms with van der Waals surface area (Å²) in [5.74, 6) is 0.724. The van der Waals surface area contributed by atoms with E-state index in [2.05, 4.69) is 9.36 Å². The zero-order valence-electron chi connectivity index (χ0n) is 9.22. The lowest BCUT2D eigenvalue weighted by atomic mass is 10.4. The van der Waals surface area contributed by atoms with Crippen LogP contribution in [-0.2, 0) is 4.79 Å². The molecule has 0 saturated heterocycles. The van der Waals surface area contributed by atoms with Gasteiger partial charge in [-0.3, -0.25) is 4.79 Å². The third-order valence-corrected chi connectivity index (χ3v) is 3.41. The summed E-state index contributed by atoms with van der Waals surface area (Å²) in [5, 5.41) is 9.50. The average molecular weight is 241 g/mol. The maximum Gasteiger partial charge on any atom is 0.305 e. The van der Waals surface area contributed by atoms with Gasteiger partial charge < -0.3 is 10.0 Å². The molecule has 0 amide bonds. The number of carboxylic acid groups (broad SMARTS) is 1. The molecular formula is C10H15N3O2S. The summed E-state index contributed by atoms with van der Waals surface area (Å²) >= 11 is 1.37. The highest BCUT2D eigenvalue weighted by Crippen LogP contribution is 2.39. The molecule has 88 valence electrons. The Balaban J connectivity index is 1.98. The molecular weight excluding hydrogens is 226 g/mol. The molecule has 16 heavy (non-hydrogen) atoms. The van der Waals surface area contributed by atoms with E-state index in [-0.39, 0.29) is 6.42 Å². The zero-order valence-corrected chi connectivity index (χ0v) is 10.0. The van der Waals surface area contributed by atoms with Gasteiger partial charge in [0.2, 0.25) is 5.13 Å². The SMILES string of the molecule is CCN(CCC(=O)O)c1nc(C2CC2)ns1. The second kappa shape index (κ2) is 4.78. The molecule has 1 N–H and O–H groups in total. The van der Waals surface area contributed by atoms with E-state index in [0.717, 1.165) is 17.5 Å². The Morgan fingerprint density at radius 1 is 1.62 bits per heavy atom. The van der Waals surface area contributed by atoms with Crippen LogP contribution >= 0.6 is 11.5 Å². The number of carbonyl (C=O) groups is 1. The maximum absolute atomic E-state index is 10.5. The topological polar surface area (TPSA) is 66.3 Å². The van der Waals surface area contributed by atoms with Crippen molar-refractivity contribution in [3.8, 4) is 0 Å². The summed E-state index contributed by atoms with van der Waals surface area (Å²) in [5.41, 5.74) is 0. The molecule has 0 aliphatic heterocycles. The average Bonchev–Trinajstić information content (AvgIpc) is 2.99. The van der Waals surface area contributed by atoms with Crippen LogP contribution in [0.25, 0.3) is 0 Å². The first-order valence-corrected chi connectivity index (χ1v) is 6.28. The number of nitrogens with zero attached hydrogens (tertiary/aromatic N) is 3. The molecule has 1 aromatic heterocycles. The summed E-state index contributed by atoms with van der Waals surface area (Å²) in [7, 11) is 0. The van der Waals surface area contributed by atoms with E-state index in [1.807, 2.05) is 11.8 Å². The van der Waals surface area contributed by atoms with E-state index in [1.54, 1.807) is 0 Å². The number of anilines is 1. The van der Waals surface area contributed by atoms with Crippen molar-refractivity contribution < 1.29 is 9.90 Å². The summed E-state index contributed by atoms with van der Waals surface area (Å²) in [6.45, 7) is 3.28. The van der Waals surface area contributed by atoms with E-state index >= 15 is 0 Å². The van der Waals surface area contributed by atoms with Crippen molar-refractivity contribution in [2.24, 2.45) is 0 Å². The zero-order chi connectivity index (χ0) is 11.5. The van der Waals surface area contributed by atoms with E-state index in [9.17, 15) is 4.79 Å². The fourth-order valence-corrected chi connectivity index (χ4v) is 2.32. The highest BCUT2D eigenvalue weighted by atomic mass is 32.1. The van der Waals surface area contributed by atoms with Gasteiger partial charge in [0.1, 0.15) is 5.82 Å². The summed E-state index contributed by atoms with van der Waals surface area (Å²) in [6.07, 6.45) is 2.53. The van der Waals surface area contributed by atoms with Gasteiger partial charge in [-0.25, -0.2) is 4.98 Å². The van der Waals surface area contributed by atoms with Crippen LogP contribution in [0, 0.1) is 0 Å². The van der Waals surface area contributed by atoms with Gasteiger partial charge in [-0.2, -0.15) is 4.37 Å². The fraction of sp³-hybridized carbons (Fsp3) is 0.700. The Hall–Kier alpha value is -1.17. The molecule has 0 bridgehead atoms. The lowest BCUT2D eigenvalue weighted by Crippen LogP contribution is -2.25. The van der Waals surface area contributed by atoms with Crippen LogP contribution in [0.2, 0.25) is 0 Å². The molecule has 1 aliphatic rings. The molecule has 1 saturated carbocycles. The first-order valence-electron chi connectivity index (χ1n) is 5.51. The number of hydrogen-bond acceptors (Lipinski definition) is 5. The van der Waals surface area contributed by atoms with Gasteiger partial charge in [-0.15, -0.1) is 0 Å². The van der Waals surface area contributed by atoms with Crippen LogP contribution in [0.4, 0.5) is 5.13 Å². The molecule has 1 aromatic rings. The fourth-order valence-electron chi connectivity index (χ4n) is 1.48. The molecule has 0 unspecified atom stereocenters. The van der Waals surface area contributed by atoms with Gasteiger partial charge in [0.25, 0.3) is 0 Å². The number of rotatable bonds is 6. The van der Waals surface area contributed by atoms with E-state index in [1.165, 1.54) is 24.4 Å². The van der Waals surface area contributed by atoms with E-state index in [0.29, 0.717) is 12.5 Å². The van der Waals surface area contributed by atoms with Gasteiger partial charge in [-0.05, 0) is 19.8 Å². The molecule has 1 aliphatic carbocycles. The lowest BCUT2D eigenvalue weighted by molar-refractivity contribution is -0.136. The summed E-state index contributed by atoms with van der Waals surface area (Å²) in [4.78, 5) is 16.9. The summed E-state index contributed by atoms with van der Waals surface area (Å²) < 4.78 is 4.32. The van der Waals surface area contributed by atoms with E-state index < -0.39 is 5.97 Å². The van der Waals surface area contributed by atoms with Crippen LogP contribution in [0.3, 0.4) is 0 Å². The van der Waals surface area contributed by atoms with Crippen LogP contribution in [-0.4, -0.2) is 33.5 Å². The molecule has 5 nitrogen and oxygen atoms in total. The largest absolute Gasteiger partial charge is 0.481 e. The molecule has 0 aromatic carbocycles. The van der Waals surface area contributed by atoms with Crippen molar-refractivity contribution in [1.29, 1.82) is 0 Å². The molecule has 2 rings (SSSR count). The molecule has 0 spiro atoms. The Bertz CT molecular complexity index is 376. The molecule has 0 atom stereocenters. The lowest BCUT2D eigenvalue weighted by Gasteiger charge is -2.17. The smallest absolute Gasteiger partial charge is 0.305 e. The third-order valence-electron chi connectivity index (χ3n) is 2.62. The van der Waals surface area contributed by atoms with Gasteiger partial charge in [-0.1, -0.05) is 0 Å². The maximum atomic E-state index is 10.5. The minimum absolute atomic E-state index is 0.145. The molecule has 1 fully saturated rings. The molecule has 1 heterocycles. The van der Waals surface area contributed by atoms with Crippen molar-refractivity contribution in [2.45, 2.75) is 32.1 Å². The van der Waals surface area contributed by atoms with Crippen molar-refractivity contribution >= 4 is 22.6 Å². The third kappa shape index (κ3) is 2.69. The molecule has 0 radical (unpaired) electrons. The van der Waals surface area contributed by atoms with Gasteiger partial charge in [0.15, 0.2) is 0 Å². The normalized spacial score (nSPS) is 15.1. The highest BCUT2D eigenvalue weighted by molar-refractivity contribution is 7.09. The van der Waals surface area contributed by atoms with E-state index in [4.69, 9.17) is 5.11 Å². The standard InChI is InChI=1S/C10H15N3O2S/c1-2-13(6-5-8(14)15)10-11-9(12-16-10)7-3-4-7/h7H,2-6H2,1H3,(H,14,15). The number of aliphatic carboxylic acids is 1. The van der Waals surface area contributed by atoms with Gasteiger partial charge in [0, 0.05) is 30.5 Å². The second-order valence-electron chi connectivity index (χ2n) is 3.93. The minimum atomic E-state index is -0.773. The monoisotopic (exact) mass is 241 g/mol. The Kier molecular flexibility index (Phi) is 3.38.